The molecule has 0 fully saturated rings. The van der Waals surface area contributed by atoms with E-state index >= 15 is 0 Å². The summed E-state index contributed by atoms with van der Waals surface area (Å²) in [6.45, 7) is 3.57. The van der Waals surface area contributed by atoms with Crippen LogP contribution in [0.3, 0.4) is 0 Å². The lowest BCUT2D eigenvalue weighted by molar-refractivity contribution is -0.121. The van der Waals surface area contributed by atoms with Gasteiger partial charge in [0, 0.05) is 30.0 Å². The summed E-state index contributed by atoms with van der Waals surface area (Å²) in [5, 5.41) is 4.10. The summed E-state index contributed by atoms with van der Waals surface area (Å²) in [6, 6.07) is 23.5. The largest absolute Gasteiger partial charge is 0.490 e. The molecule has 4 aromatic rings. The Labute approximate surface area is 181 Å². The highest BCUT2D eigenvalue weighted by molar-refractivity contribution is 5.84. The molecule has 0 unspecified atom stereocenters. The number of nitrogens with one attached hydrogen (secondary N) is 1. The zero-order chi connectivity index (χ0) is 21.5. The van der Waals surface area contributed by atoms with Gasteiger partial charge in [0.2, 0.25) is 11.8 Å². The molecule has 1 N–H and O–H groups in total. The summed E-state index contributed by atoms with van der Waals surface area (Å²) in [5.74, 6) is 1.30. The molecular formula is C25H25N3O3. The van der Waals surface area contributed by atoms with Gasteiger partial charge in [-0.3, -0.25) is 4.79 Å². The van der Waals surface area contributed by atoms with Crippen LogP contribution in [0.4, 0.5) is 0 Å². The average molecular weight is 415 g/mol. The van der Waals surface area contributed by atoms with Crippen LogP contribution in [0.5, 0.6) is 11.6 Å². The highest BCUT2D eigenvalue weighted by atomic mass is 16.5. The van der Waals surface area contributed by atoms with Crippen molar-refractivity contribution in [3.63, 3.8) is 0 Å². The van der Waals surface area contributed by atoms with E-state index in [1.54, 1.807) is 12.3 Å². The van der Waals surface area contributed by atoms with Crippen LogP contribution >= 0.6 is 0 Å². The molecular weight excluding hydrogens is 390 g/mol. The highest BCUT2D eigenvalue weighted by Crippen LogP contribution is 2.19. The van der Waals surface area contributed by atoms with Crippen molar-refractivity contribution in [3.8, 4) is 11.6 Å². The van der Waals surface area contributed by atoms with E-state index in [1.165, 1.54) is 0 Å². The number of carbonyl (C=O) groups is 1. The van der Waals surface area contributed by atoms with E-state index in [1.807, 2.05) is 66.1 Å². The third-order valence-corrected chi connectivity index (χ3v) is 4.95. The Morgan fingerprint density at radius 1 is 0.968 bits per heavy atom. The van der Waals surface area contributed by atoms with Gasteiger partial charge in [-0.05, 0) is 42.1 Å². The number of hydrogen-bond acceptors (Lipinski definition) is 4. The highest BCUT2D eigenvalue weighted by Gasteiger charge is 2.09. The van der Waals surface area contributed by atoms with Gasteiger partial charge in [0.15, 0.2) is 0 Å². The van der Waals surface area contributed by atoms with Gasteiger partial charge < -0.3 is 19.4 Å². The quantitative estimate of drug-likeness (QED) is 0.418. The van der Waals surface area contributed by atoms with Crippen molar-refractivity contribution < 1.29 is 14.3 Å². The van der Waals surface area contributed by atoms with Gasteiger partial charge in [-0.15, -0.1) is 0 Å². The third kappa shape index (κ3) is 5.42. The van der Waals surface area contributed by atoms with Gasteiger partial charge >= 0.3 is 0 Å². The summed E-state index contributed by atoms with van der Waals surface area (Å²) in [7, 11) is 0. The van der Waals surface area contributed by atoms with Crippen molar-refractivity contribution in [3.05, 3.63) is 90.3 Å². The van der Waals surface area contributed by atoms with Crippen LogP contribution in [0.25, 0.3) is 10.9 Å². The van der Waals surface area contributed by atoms with Crippen molar-refractivity contribution in [2.24, 2.45) is 0 Å². The van der Waals surface area contributed by atoms with Crippen molar-refractivity contribution in [2.45, 2.75) is 20.0 Å². The molecule has 0 radical (unpaired) electrons. The van der Waals surface area contributed by atoms with Crippen LogP contribution in [-0.4, -0.2) is 28.7 Å². The molecule has 0 saturated heterocycles. The number of aromatic nitrogens is 2. The number of para-hydroxylation sites is 2. The average Bonchev–Trinajstić information content (AvgIpc) is 3.12. The molecule has 2 aromatic heterocycles. The van der Waals surface area contributed by atoms with Crippen LogP contribution in [0.15, 0.2) is 79.0 Å². The number of carbonyl (C=O) groups excluding carboxylic acids is 1. The normalized spacial score (nSPS) is 10.7. The monoisotopic (exact) mass is 415 g/mol. The SMILES string of the molecule is Cc1cc2ccccc2n1CC(=O)NCc1ccc(OCCOc2ccccc2)nc1. The Balaban J connectivity index is 1.22. The number of pyridine rings is 1. The Bertz CT molecular complexity index is 1140. The first-order valence-corrected chi connectivity index (χ1v) is 10.3. The number of rotatable bonds is 9. The predicted molar refractivity (Wildman–Crippen MR) is 120 cm³/mol. The zero-order valence-electron chi connectivity index (χ0n) is 17.5. The first kappa shape index (κ1) is 20.5. The maximum Gasteiger partial charge on any atom is 0.240 e. The first-order valence-electron chi connectivity index (χ1n) is 10.3. The zero-order valence-corrected chi connectivity index (χ0v) is 17.5. The summed E-state index contributed by atoms with van der Waals surface area (Å²) in [6.07, 6.45) is 1.71. The lowest BCUT2D eigenvalue weighted by atomic mass is 10.2. The van der Waals surface area contributed by atoms with E-state index in [0.717, 1.165) is 27.9 Å². The van der Waals surface area contributed by atoms with Crippen LogP contribution in [0, 0.1) is 6.92 Å². The summed E-state index contributed by atoms with van der Waals surface area (Å²) in [4.78, 5) is 16.7. The number of benzene rings is 2. The lowest BCUT2D eigenvalue weighted by Crippen LogP contribution is -2.27. The summed E-state index contributed by atoms with van der Waals surface area (Å²) >= 11 is 0. The molecule has 0 spiro atoms. The van der Waals surface area contributed by atoms with Crippen molar-refractivity contribution >= 4 is 16.8 Å². The Kier molecular flexibility index (Phi) is 6.47. The van der Waals surface area contributed by atoms with Crippen molar-refractivity contribution in [1.82, 2.24) is 14.9 Å². The van der Waals surface area contributed by atoms with Crippen molar-refractivity contribution in [2.75, 3.05) is 13.2 Å². The van der Waals surface area contributed by atoms with E-state index in [2.05, 4.69) is 22.4 Å². The van der Waals surface area contributed by atoms with E-state index in [4.69, 9.17) is 9.47 Å². The molecule has 0 aliphatic heterocycles. The molecule has 0 aliphatic carbocycles. The van der Waals surface area contributed by atoms with Gasteiger partial charge in [-0.1, -0.05) is 42.5 Å². The molecule has 0 atom stereocenters. The van der Waals surface area contributed by atoms with Gasteiger partial charge in [-0.2, -0.15) is 0 Å². The molecule has 0 saturated carbocycles. The van der Waals surface area contributed by atoms with Crippen molar-refractivity contribution in [1.29, 1.82) is 0 Å². The smallest absolute Gasteiger partial charge is 0.240 e. The Morgan fingerprint density at radius 3 is 2.55 bits per heavy atom. The molecule has 1 amide bonds. The minimum Gasteiger partial charge on any atom is -0.490 e. The summed E-state index contributed by atoms with van der Waals surface area (Å²) in [5.41, 5.74) is 3.04. The lowest BCUT2D eigenvalue weighted by Gasteiger charge is -2.10. The second-order valence-electron chi connectivity index (χ2n) is 7.22. The topological polar surface area (TPSA) is 65.4 Å². The van der Waals surface area contributed by atoms with Gasteiger partial charge in [-0.25, -0.2) is 4.98 Å². The number of ether oxygens (including phenoxy) is 2. The first-order chi connectivity index (χ1) is 15.2. The molecule has 158 valence electrons. The van der Waals surface area contributed by atoms with Crippen LogP contribution in [-0.2, 0) is 17.9 Å². The van der Waals surface area contributed by atoms with Gasteiger partial charge in [0.05, 0.1) is 0 Å². The standard InChI is InChI=1S/C25H25N3O3/c1-19-15-21-7-5-6-10-23(21)28(19)18-24(29)26-16-20-11-12-25(27-17-20)31-14-13-30-22-8-3-2-4-9-22/h2-12,15,17H,13-14,16,18H2,1H3,(H,26,29). The van der Waals surface area contributed by atoms with Gasteiger partial charge in [0.25, 0.3) is 0 Å². The molecule has 0 aliphatic rings. The van der Waals surface area contributed by atoms with E-state index in [9.17, 15) is 4.79 Å². The fraction of sp³-hybridized carbons (Fsp3) is 0.200. The second kappa shape index (κ2) is 9.80. The van der Waals surface area contributed by atoms with E-state index in [0.29, 0.717) is 25.6 Å². The van der Waals surface area contributed by atoms with Crippen LogP contribution < -0.4 is 14.8 Å². The van der Waals surface area contributed by atoms with Gasteiger partial charge in [0.1, 0.15) is 25.5 Å². The molecule has 2 aromatic carbocycles. The number of amides is 1. The summed E-state index contributed by atoms with van der Waals surface area (Å²) < 4.78 is 13.2. The second-order valence-corrected chi connectivity index (χ2v) is 7.22. The maximum absolute atomic E-state index is 12.4. The van der Waals surface area contributed by atoms with E-state index in [-0.39, 0.29) is 12.5 Å². The minimum atomic E-state index is -0.0390. The minimum absolute atomic E-state index is 0.0390. The van der Waals surface area contributed by atoms with Crippen LogP contribution in [0.1, 0.15) is 11.3 Å². The fourth-order valence-electron chi connectivity index (χ4n) is 3.38. The Hall–Kier alpha value is -3.80. The number of hydrogen-bond donors (Lipinski definition) is 1. The van der Waals surface area contributed by atoms with E-state index < -0.39 is 0 Å². The number of fused-ring (bicyclic) bond motifs is 1. The number of aryl methyl sites for hydroxylation is 1. The molecule has 31 heavy (non-hydrogen) atoms. The third-order valence-electron chi connectivity index (χ3n) is 4.95. The molecule has 4 rings (SSSR count). The van der Waals surface area contributed by atoms with Crippen LogP contribution in [0.2, 0.25) is 0 Å². The number of nitrogens with zero attached hydrogens (tertiary/aromatic N) is 2. The predicted octanol–water partition coefficient (Wildman–Crippen LogP) is 4.12. The maximum atomic E-state index is 12.4. The molecule has 6 heteroatoms. The molecule has 0 bridgehead atoms. The fourth-order valence-corrected chi connectivity index (χ4v) is 3.38. The molecule has 2 heterocycles. The Morgan fingerprint density at radius 2 is 1.74 bits per heavy atom. The molecule has 6 nitrogen and oxygen atoms in total.